The molecule has 0 aliphatic rings. The van der Waals surface area contributed by atoms with E-state index in [9.17, 15) is 18.4 Å². The van der Waals surface area contributed by atoms with Gasteiger partial charge in [0.2, 0.25) is 0 Å². The quantitative estimate of drug-likeness (QED) is 0.699. The molecule has 1 N–H and O–H groups in total. The molecule has 1 aromatic heterocycles. The molecule has 0 bridgehead atoms. The molecular formula is C19H15F2N3O3. The van der Waals surface area contributed by atoms with Crippen LogP contribution in [0.15, 0.2) is 54.7 Å². The molecule has 2 aromatic carbocycles. The molecule has 0 unspecified atom stereocenters. The normalized spacial score (nSPS) is 10.5. The number of nitrogens with zero attached hydrogens (tertiary/aromatic N) is 2. The molecule has 0 spiro atoms. The number of amides is 1. The number of carbonyl (C=O) groups is 2. The van der Waals surface area contributed by atoms with Crippen LogP contribution in [0.2, 0.25) is 0 Å². The van der Waals surface area contributed by atoms with Gasteiger partial charge in [-0.15, -0.1) is 0 Å². The molecule has 3 aromatic rings. The lowest BCUT2D eigenvalue weighted by Gasteiger charge is -2.07. The Balaban J connectivity index is 1.61. The predicted molar refractivity (Wildman–Crippen MR) is 93.6 cm³/mol. The molecule has 138 valence electrons. The van der Waals surface area contributed by atoms with E-state index >= 15 is 0 Å². The first-order valence-corrected chi connectivity index (χ1v) is 7.98. The molecule has 6 nitrogen and oxygen atoms in total. The predicted octanol–water partition coefficient (Wildman–Crippen LogP) is 3.25. The zero-order chi connectivity index (χ0) is 19.4. The van der Waals surface area contributed by atoms with Gasteiger partial charge in [0.1, 0.15) is 5.56 Å². The highest BCUT2D eigenvalue weighted by Gasteiger charge is 2.18. The number of rotatable bonds is 5. The van der Waals surface area contributed by atoms with Crippen molar-refractivity contribution in [1.82, 2.24) is 9.78 Å². The third-order valence-corrected chi connectivity index (χ3v) is 3.77. The van der Waals surface area contributed by atoms with Gasteiger partial charge in [0.05, 0.1) is 17.6 Å². The number of benzene rings is 2. The first-order valence-electron chi connectivity index (χ1n) is 7.98. The number of nitrogens with one attached hydrogen (secondary N) is 1. The zero-order valence-electron chi connectivity index (χ0n) is 14.3. The highest BCUT2D eigenvalue weighted by atomic mass is 19.2. The molecule has 0 saturated heterocycles. The Hall–Kier alpha value is -3.55. The van der Waals surface area contributed by atoms with Crippen LogP contribution < -0.4 is 5.32 Å². The number of para-hydroxylation sites is 1. The highest BCUT2D eigenvalue weighted by molar-refractivity contribution is 5.95. The number of hydrogen-bond donors (Lipinski definition) is 1. The van der Waals surface area contributed by atoms with Crippen molar-refractivity contribution in [2.45, 2.75) is 6.92 Å². The largest absolute Gasteiger partial charge is 0.452 e. The molecule has 8 heteroatoms. The van der Waals surface area contributed by atoms with E-state index in [4.69, 9.17) is 4.74 Å². The van der Waals surface area contributed by atoms with Crippen LogP contribution in [0.25, 0.3) is 5.69 Å². The summed E-state index contributed by atoms with van der Waals surface area (Å²) in [6.07, 6.45) is 1.36. The van der Waals surface area contributed by atoms with E-state index in [2.05, 4.69) is 10.4 Å². The lowest BCUT2D eigenvalue weighted by molar-refractivity contribution is -0.119. The third-order valence-electron chi connectivity index (χ3n) is 3.77. The maximum atomic E-state index is 13.1. The third kappa shape index (κ3) is 4.17. The SMILES string of the molecule is Cc1c(C(=O)OCC(=O)Nc2ccc(F)c(F)c2)cnn1-c1ccccc1. The summed E-state index contributed by atoms with van der Waals surface area (Å²) in [7, 11) is 0. The molecule has 0 atom stereocenters. The van der Waals surface area contributed by atoms with Crippen molar-refractivity contribution < 1.29 is 23.1 Å². The summed E-state index contributed by atoms with van der Waals surface area (Å²) >= 11 is 0. The van der Waals surface area contributed by atoms with E-state index in [1.165, 1.54) is 12.3 Å². The Bertz CT molecular complexity index is 987. The van der Waals surface area contributed by atoms with Gasteiger partial charge in [-0.25, -0.2) is 18.3 Å². The van der Waals surface area contributed by atoms with Gasteiger partial charge >= 0.3 is 5.97 Å². The Kier molecular flexibility index (Phi) is 5.25. The lowest BCUT2D eigenvalue weighted by atomic mass is 10.2. The van der Waals surface area contributed by atoms with Gasteiger partial charge in [-0.3, -0.25) is 4.79 Å². The van der Waals surface area contributed by atoms with Crippen LogP contribution >= 0.6 is 0 Å². The molecule has 0 radical (unpaired) electrons. The number of hydrogen-bond acceptors (Lipinski definition) is 4. The molecule has 3 rings (SSSR count). The average molecular weight is 371 g/mol. The minimum absolute atomic E-state index is 0.0584. The van der Waals surface area contributed by atoms with Gasteiger partial charge in [0.25, 0.3) is 5.91 Å². The summed E-state index contributed by atoms with van der Waals surface area (Å²) < 4.78 is 32.6. The summed E-state index contributed by atoms with van der Waals surface area (Å²) in [4.78, 5) is 24.0. The molecule has 0 aliphatic carbocycles. The first-order chi connectivity index (χ1) is 13.0. The zero-order valence-corrected chi connectivity index (χ0v) is 14.3. The number of halogens is 2. The minimum atomic E-state index is -1.09. The van der Waals surface area contributed by atoms with Crippen LogP contribution in [0.4, 0.5) is 14.5 Å². The summed E-state index contributed by atoms with van der Waals surface area (Å²) in [5, 5.41) is 6.48. The number of aromatic nitrogens is 2. The van der Waals surface area contributed by atoms with E-state index in [1.807, 2.05) is 30.3 Å². The maximum Gasteiger partial charge on any atom is 0.342 e. The van der Waals surface area contributed by atoms with E-state index in [0.717, 1.165) is 17.8 Å². The van der Waals surface area contributed by atoms with Crippen molar-refractivity contribution in [2.24, 2.45) is 0 Å². The van der Waals surface area contributed by atoms with Gasteiger partial charge in [-0.2, -0.15) is 5.10 Å². The van der Waals surface area contributed by atoms with Crippen molar-refractivity contribution in [3.8, 4) is 5.69 Å². The molecule has 0 fully saturated rings. The van der Waals surface area contributed by atoms with E-state index in [1.54, 1.807) is 11.6 Å². The average Bonchev–Trinajstić information content (AvgIpc) is 3.05. The van der Waals surface area contributed by atoms with E-state index < -0.39 is 30.1 Å². The minimum Gasteiger partial charge on any atom is -0.452 e. The van der Waals surface area contributed by atoms with Crippen molar-refractivity contribution in [3.63, 3.8) is 0 Å². The Morgan fingerprint density at radius 3 is 2.56 bits per heavy atom. The number of ether oxygens (including phenoxy) is 1. The van der Waals surface area contributed by atoms with Crippen molar-refractivity contribution in [3.05, 3.63) is 77.6 Å². The summed E-state index contributed by atoms with van der Waals surface area (Å²) in [6.45, 7) is 1.13. The van der Waals surface area contributed by atoms with Crippen molar-refractivity contribution in [2.75, 3.05) is 11.9 Å². The Morgan fingerprint density at radius 1 is 1.11 bits per heavy atom. The monoisotopic (exact) mass is 371 g/mol. The topological polar surface area (TPSA) is 73.2 Å². The van der Waals surface area contributed by atoms with Crippen LogP contribution in [0.1, 0.15) is 16.1 Å². The molecule has 0 saturated carbocycles. The summed E-state index contributed by atoms with van der Waals surface area (Å²) in [5.74, 6) is -3.50. The molecule has 1 amide bonds. The highest BCUT2D eigenvalue weighted by Crippen LogP contribution is 2.15. The molecular weight excluding hydrogens is 356 g/mol. The van der Waals surface area contributed by atoms with Gasteiger partial charge in [-0.05, 0) is 31.2 Å². The first kappa shape index (κ1) is 18.2. The van der Waals surface area contributed by atoms with Gasteiger partial charge in [-0.1, -0.05) is 18.2 Å². The van der Waals surface area contributed by atoms with Gasteiger partial charge < -0.3 is 10.1 Å². The van der Waals surface area contributed by atoms with Crippen LogP contribution in [0, 0.1) is 18.6 Å². The van der Waals surface area contributed by atoms with Crippen molar-refractivity contribution in [1.29, 1.82) is 0 Å². The lowest BCUT2D eigenvalue weighted by Crippen LogP contribution is -2.21. The smallest absolute Gasteiger partial charge is 0.342 e. The fourth-order valence-electron chi connectivity index (χ4n) is 2.42. The van der Waals surface area contributed by atoms with Gasteiger partial charge in [0.15, 0.2) is 18.2 Å². The Morgan fingerprint density at radius 2 is 1.85 bits per heavy atom. The number of carbonyl (C=O) groups excluding carboxylic acids is 2. The fourth-order valence-corrected chi connectivity index (χ4v) is 2.42. The van der Waals surface area contributed by atoms with Crippen LogP contribution in [-0.2, 0) is 9.53 Å². The molecule has 0 aliphatic heterocycles. The summed E-state index contributed by atoms with van der Waals surface area (Å²) in [6, 6.07) is 12.2. The Labute approximate surface area is 153 Å². The number of esters is 1. The van der Waals surface area contributed by atoms with Crippen molar-refractivity contribution >= 4 is 17.6 Å². The number of anilines is 1. The molecule has 27 heavy (non-hydrogen) atoms. The van der Waals surface area contributed by atoms with Crippen LogP contribution in [0.3, 0.4) is 0 Å². The standard InChI is InChI=1S/C19H15F2N3O3/c1-12-15(10-22-24(12)14-5-3-2-4-6-14)19(26)27-11-18(25)23-13-7-8-16(20)17(21)9-13/h2-10H,11H2,1H3,(H,23,25). The fraction of sp³-hybridized carbons (Fsp3) is 0.105. The summed E-state index contributed by atoms with van der Waals surface area (Å²) in [5.41, 5.74) is 1.62. The maximum absolute atomic E-state index is 13.1. The van der Waals surface area contributed by atoms with Crippen LogP contribution in [-0.4, -0.2) is 28.3 Å². The molecule has 1 heterocycles. The second-order valence-electron chi connectivity index (χ2n) is 5.64. The van der Waals surface area contributed by atoms with Gasteiger partial charge in [0, 0.05) is 11.8 Å². The second kappa shape index (κ2) is 7.77. The van der Waals surface area contributed by atoms with E-state index in [-0.39, 0.29) is 11.3 Å². The second-order valence-corrected chi connectivity index (χ2v) is 5.64. The van der Waals surface area contributed by atoms with Crippen LogP contribution in [0.5, 0.6) is 0 Å². The van der Waals surface area contributed by atoms with E-state index in [0.29, 0.717) is 5.69 Å².